The van der Waals surface area contributed by atoms with E-state index in [1.165, 1.54) is 12.1 Å². The number of hydrogen-bond acceptors (Lipinski definition) is 5. The number of ether oxygens (including phenoxy) is 1. The first-order valence-corrected chi connectivity index (χ1v) is 11.1. The van der Waals surface area contributed by atoms with E-state index in [-0.39, 0.29) is 12.3 Å². The molecule has 0 bridgehead atoms. The molecule has 1 N–H and O–H groups in total. The van der Waals surface area contributed by atoms with Crippen LogP contribution in [0.4, 0.5) is 13.2 Å². The van der Waals surface area contributed by atoms with Crippen LogP contribution in [-0.4, -0.2) is 41.3 Å². The van der Waals surface area contributed by atoms with Crippen LogP contribution in [-0.2, 0) is 6.54 Å². The van der Waals surface area contributed by atoms with E-state index < -0.39 is 6.36 Å². The number of aromatic amines is 1. The van der Waals surface area contributed by atoms with E-state index in [1.807, 2.05) is 24.3 Å². The Morgan fingerprint density at radius 2 is 1.89 bits per heavy atom. The van der Waals surface area contributed by atoms with E-state index in [0.717, 1.165) is 16.6 Å². The summed E-state index contributed by atoms with van der Waals surface area (Å²) in [5.41, 5.74) is 4.45. The van der Waals surface area contributed by atoms with Crippen molar-refractivity contribution in [2.45, 2.75) is 12.9 Å². The van der Waals surface area contributed by atoms with Crippen molar-refractivity contribution < 1.29 is 17.9 Å². The van der Waals surface area contributed by atoms with Gasteiger partial charge >= 0.3 is 6.36 Å². The molecule has 0 aliphatic rings. The average Bonchev–Trinajstić information content (AvgIpc) is 3.58. The molecule has 6 rings (SSSR count). The summed E-state index contributed by atoms with van der Waals surface area (Å²) < 4.78 is 46.1. The molecule has 12 heteroatoms. The number of para-hydroxylation sites is 1. The second-order valence-corrected chi connectivity index (χ2v) is 8.41. The van der Waals surface area contributed by atoms with E-state index >= 15 is 0 Å². The van der Waals surface area contributed by atoms with Crippen LogP contribution in [0.1, 0.15) is 5.56 Å². The third kappa shape index (κ3) is 4.03. The fraction of sp³-hybridized carbons (Fsp3) is 0.0833. The van der Waals surface area contributed by atoms with Gasteiger partial charge in [0.05, 0.1) is 40.2 Å². The van der Waals surface area contributed by atoms with Gasteiger partial charge in [-0.3, -0.25) is 9.78 Å². The summed E-state index contributed by atoms with van der Waals surface area (Å²) in [4.78, 5) is 0. The third-order valence-corrected chi connectivity index (χ3v) is 5.99. The quantitative estimate of drug-likeness (QED) is 0.319. The van der Waals surface area contributed by atoms with Gasteiger partial charge in [0.25, 0.3) is 0 Å². The molecule has 0 atom stereocenters. The maximum absolute atomic E-state index is 12.9. The minimum Gasteiger partial charge on any atom is -0.405 e. The summed E-state index contributed by atoms with van der Waals surface area (Å²) in [5, 5.41) is 21.1. The first kappa shape index (κ1) is 22.1. The van der Waals surface area contributed by atoms with E-state index in [4.69, 9.17) is 11.6 Å². The van der Waals surface area contributed by atoms with Crippen LogP contribution < -0.4 is 4.74 Å². The minimum absolute atomic E-state index is 0.0538. The molecular weight excluding hydrogens is 495 g/mol. The van der Waals surface area contributed by atoms with Gasteiger partial charge in [-0.15, -0.1) is 18.3 Å². The SMILES string of the molecule is FC(F)(F)Oc1ccccc1Cn1nccc1-c1cc(Cl)c2nnn(-c3ccc4cn[nH]c4c3)c2c1. The molecule has 0 saturated carbocycles. The highest BCUT2D eigenvalue weighted by atomic mass is 35.5. The van der Waals surface area contributed by atoms with Gasteiger partial charge in [-0.25, -0.2) is 4.68 Å². The Kier molecular flexibility index (Phi) is 5.15. The summed E-state index contributed by atoms with van der Waals surface area (Å²) in [7, 11) is 0. The van der Waals surface area contributed by atoms with Crippen LogP contribution in [0.5, 0.6) is 5.75 Å². The molecule has 8 nitrogen and oxygen atoms in total. The highest BCUT2D eigenvalue weighted by molar-refractivity contribution is 6.35. The van der Waals surface area contributed by atoms with Crippen molar-refractivity contribution in [1.29, 1.82) is 0 Å². The minimum atomic E-state index is -4.80. The molecular formula is C24H15ClF3N7O. The third-order valence-electron chi connectivity index (χ3n) is 5.71. The van der Waals surface area contributed by atoms with Gasteiger partial charge in [0, 0.05) is 22.7 Å². The number of hydrogen-bond donors (Lipinski definition) is 1. The molecule has 0 spiro atoms. The van der Waals surface area contributed by atoms with Gasteiger partial charge in [0.15, 0.2) is 0 Å². The smallest absolute Gasteiger partial charge is 0.405 e. The lowest BCUT2D eigenvalue weighted by Crippen LogP contribution is -2.18. The van der Waals surface area contributed by atoms with Crippen LogP contribution in [0.2, 0.25) is 5.02 Å². The summed E-state index contributed by atoms with van der Waals surface area (Å²) in [6.07, 6.45) is -1.50. The Morgan fingerprint density at radius 3 is 2.75 bits per heavy atom. The van der Waals surface area contributed by atoms with Crippen LogP contribution in [0.25, 0.3) is 38.9 Å². The average molecular weight is 510 g/mol. The topological polar surface area (TPSA) is 86.4 Å². The molecule has 0 saturated heterocycles. The highest BCUT2D eigenvalue weighted by Crippen LogP contribution is 2.32. The standard InChI is InChI=1S/C24H15ClF3N7O/c25-18-9-16(10-21-23(18)32-33-35(21)17-6-5-14-12-29-31-19(14)11-17)20-7-8-30-34(20)13-15-3-1-2-4-22(15)36-24(26,27)28/h1-12H,13H2,(H,29,31). The zero-order valence-electron chi connectivity index (χ0n) is 18.2. The van der Waals surface area contributed by atoms with Crippen LogP contribution >= 0.6 is 11.6 Å². The van der Waals surface area contributed by atoms with Crippen molar-refractivity contribution >= 4 is 33.5 Å². The van der Waals surface area contributed by atoms with Crippen molar-refractivity contribution in [3.8, 4) is 22.7 Å². The number of H-pyrrole nitrogens is 1. The predicted octanol–water partition coefficient (Wildman–Crippen LogP) is 5.76. The maximum Gasteiger partial charge on any atom is 0.573 e. The first-order chi connectivity index (χ1) is 17.4. The van der Waals surface area contributed by atoms with Crippen LogP contribution in [0.15, 0.2) is 73.1 Å². The normalized spacial score (nSPS) is 12.0. The van der Waals surface area contributed by atoms with Gasteiger partial charge in [-0.05, 0) is 42.5 Å². The van der Waals surface area contributed by atoms with Crippen molar-refractivity contribution in [3.63, 3.8) is 0 Å². The molecule has 0 aliphatic heterocycles. The largest absolute Gasteiger partial charge is 0.573 e. The monoisotopic (exact) mass is 509 g/mol. The first-order valence-electron chi connectivity index (χ1n) is 10.7. The van der Waals surface area contributed by atoms with E-state index in [1.54, 1.807) is 46.0 Å². The highest BCUT2D eigenvalue weighted by Gasteiger charge is 2.32. The van der Waals surface area contributed by atoms with Gasteiger partial charge in [0.2, 0.25) is 0 Å². The molecule has 36 heavy (non-hydrogen) atoms. The van der Waals surface area contributed by atoms with E-state index in [2.05, 4.69) is 30.3 Å². The number of fused-ring (bicyclic) bond motifs is 2. The molecule has 0 fully saturated rings. The zero-order chi connectivity index (χ0) is 24.9. The van der Waals surface area contributed by atoms with Gasteiger partial charge in [-0.1, -0.05) is 35.0 Å². The molecule has 6 aromatic rings. The summed E-state index contributed by atoms with van der Waals surface area (Å²) in [6.45, 7) is 0.0538. The zero-order valence-corrected chi connectivity index (χ0v) is 19.0. The molecule has 0 radical (unpaired) electrons. The van der Waals surface area contributed by atoms with E-state index in [9.17, 15) is 13.2 Å². The lowest BCUT2D eigenvalue weighted by atomic mass is 10.1. The number of aromatic nitrogens is 7. The Bertz CT molecular complexity index is 1720. The summed E-state index contributed by atoms with van der Waals surface area (Å²) in [6, 6.07) is 17.0. The maximum atomic E-state index is 12.9. The molecule has 3 aromatic heterocycles. The van der Waals surface area contributed by atoms with Crippen LogP contribution in [0.3, 0.4) is 0 Å². The summed E-state index contributed by atoms with van der Waals surface area (Å²) in [5.74, 6) is -0.281. The molecule has 0 amide bonds. The molecule has 0 unspecified atom stereocenters. The summed E-state index contributed by atoms with van der Waals surface area (Å²) >= 11 is 6.56. The Hall–Kier alpha value is -4.38. The molecule has 180 valence electrons. The molecule has 3 aromatic carbocycles. The van der Waals surface area contributed by atoms with E-state index in [0.29, 0.717) is 32.9 Å². The molecule has 3 heterocycles. The van der Waals surface area contributed by atoms with Gasteiger partial charge < -0.3 is 4.74 Å². The number of nitrogens with zero attached hydrogens (tertiary/aromatic N) is 6. The van der Waals surface area contributed by atoms with Gasteiger partial charge in [0.1, 0.15) is 11.3 Å². The second-order valence-electron chi connectivity index (χ2n) is 8.00. The number of halogens is 4. The Labute approximate surface area is 205 Å². The lowest BCUT2D eigenvalue weighted by Gasteiger charge is -2.14. The lowest BCUT2D eigenvalue weighted by molar-refractivity contribution is -0.274. The van der Waals surface area contributed by atoms with Crippen molar-refractivity contribution in [1.82, 2.24) is 35.0 Å². The number of benzene rings is 3. The number of nitrogens with one attached hydrogen (secondary N) is 1. The number of alkyl halides is 3. The van der Waals surface area contributed by atoms with Crippen molar-refractivity contribution in [2.75, 3.05) is 0 Å². The van der Waals surface area contributed by atoms with Crippen molar-refractivity contribution in [3.05, 3.63) is 83.6 Å². The fourth-order valence-corrected chi connectivity index (χ4v) is 4.35. The molecule has 0 aliphatic carbocycles. The Morgan fingerprint density at radius 1 is 1.03 bits per heavy atom. The van der Waals surface area contributed by atoms with Gasteiger partial charge in [-0.2, -0.15) is 10.2 Å². The second kappa shape index (κ2) is 8.38. The Balaban J connectivity index is 1.41. The fourth-order valence-electron chi connectivity index (χ4n) is 4.10. The number of rotatable bonds is 5. The predicted molar refractivity (Wildman–Crippen MR) is 127 cm³/mol. The van der Waals surface area contributed by atoms with Crippen LogP contribution in [0, 0.1) is 0 Å². The van der Waals surface area contributed by atoms with Crippen molar-refractivity contribution in [2.24, 2.45) is 0 Å².